The molecule has 0 aromatic heterocycles. The van der Waals surface area contributed by atoms with Crippen molar-refractivity contribution in [1.82, 2.24) is 0 Å². The van der Waals surface area contributed by atoms with Crippen LogP contribution in [-0.4, -0.2) is 24.9 Å². The van der Waals surface area contributed by atoms with Gasteiger partial charge in [-0.05, 0) is 42.0 Å². The van der Waals surface area contributed by atoms with Crippen molar-refractivity contribution < 1.29 is 14.6 Å². The highest BCUT2D eigenvalue weighted by atomic mass is 16.5. The molecule has 0 amide bonds. The van der Waals surface area contributed by atoms with E-state index in [0.29, 0.717) is 5.92 Å². The number of benzene rings is 1. The van der Waals surface area contributed by atoms with Gasteiger partial charge in [0.2, 0.25) is 0 Å². The normalized spacial score (nSPS) is 26.5. The van der Waals surface area contributed by atoms with Gasteiger partial charge in [-0.25, -0.2) is 0 Å². The lowest BCUT2D eigenvalue weighted by molar-refractivity contribution is -0.0445. The van der Waals surface area contributed by atoms with Crippen LogP contribution in [-0.2, 0) is 11.2 Å². The van der Waals surface area contributed by atoms with Gasteiger partial charge in [0.05, 0.1) is 13.2 Å². The molecule has 20 heavy (non-hydrogen) atoms. The van der Waals surface area contributed by atoms with Gasteiger partial charge >= 0.3 is 0 Å². The summed E-state index contributed by atoms with van der Waals surface area (Å²) < 4.78 is 11.2. The largest absolute Gasteiger partial charge is 0.497 e. The van der Waals surface area contributed by atoms with Gasteiger partial charge in [0.15, 0.2) is 0 Å². The van der Waals surface area contributed by atoms with Crippen LogP contribution in [0.2, 0.25) is 0 Å². The van der Waals surface area contributed by atoms with Gasteiger partial charge in [0, 0.05) is 13.0 Å². The second-order valence-corrected chi connectivity index (χ2v) is 6.09. The molecule has 1 N–H and O–H groups in total. The topological polar surface area (TPSA) is 38.7 Å². The molecule has 0 bridgehead atoms. The fraction of sp³-hybridized carbons (Fsp3) is 0.647. The van der Waals surface area contributed by atoms with Crippen molar-refractivity contribution in [2.24, 2.45) is 5.92 Å². The predicted molar refractivity (Wildman–Crippen MR) is 78.0 cm³/mol. The first kappa shape index (κ1) is 13.9. The zero-order valence-electron chi connectivity index (χ0n) is 12.2. The molecule has 2 unspecified atom stereocenters. The Morgan fingerprint density at radius 1 is 1.20 bits per heavy atom. The Kier molecular flexibility index (Phi) is 4.27. The fourth-order valence-electron chi connectivity index (χ4n) is 3.45. The molecule has 1 fully saturated rings. The number of hydrogen-bond donors (Lipinski definition) is 1. The molecule has 1 aromatic rings. The Morgan fingerprint density at radius 2 is 2.00 bits per heavy atom. The first-order valence-corrected chi connectivity index (χ1v) is 7.74. The molecule has 2 aliphatic rings. The Bertz CT molecular complexity index is 452. The lowest BCUT2D eigenvalue weighted by Crippen LogP contribution is -2.23. The van der Waals surface area contributed by atoms with Crippen LogP contribution in [0.4, 0.5) is 0 Å². The number of aliphatic hydroxyl groups is 1. The van der Waals surface area contributed by atoms with Crippen molar-refractivity contribution in [1.29, 1.82) is 0 Å². The van der Waals surface area contributed by atoms with Crippen molar-refractivity contribution in [2.75, 3.05) is 13.7 Å². The third kappa shape index (κ3) is 2.84. The number of methoxy groups -OCH3 is 1. The van der Waals surface area contributed by atoms with Crippen LogP contribution in [0.25, 0.3) is 0 Å². The second kappa shape index (κ2) is 6.15. The highest BCUT2D eigenvalue weighted by Gasteiger charge is 2.32. The molecular weight excluding hydrogens is 252 g/mol. The molecule has 0 aliphatic heterocycles. The Labute approximate surface area is 120 Å². The fourth-order valence-corrected chi connectivity index (χ4v) is 3.45. The molecule has 3 heteroatoms. The third-order valence-electron chi connectivity index (χ3n) is 4.72. The van der Waals surface area contributed by atoms with Crippen molar-refractivity contribution in [3.63, 3.8) is 0 Å². The summed E-state index contributed by atoms with van der Waals surface area (Å²) in [5, 5.41) is 10.4. The highest BCUT2D eigenvalue weighted by molar-refractivity contribution is 5.41. The van der Waals surface area contributed by atoms with E-state index in [4.69, 9.17) is 9.47 Å². The molecule has 0 heterocycles. The molecule has 0 radical (unpaired) electrons. The maximum Gasteiger partial charge on any atom is 0.119 e. The van der Waals surface area contributed by atoms with Gasteiger partial charge < -0.3 is 14.6 Å². The molecule has 3 nitrogen and oxygen atoms in total. The van der Waals surface area contributed by atoms with Gasteiger partial charge in [-0.15, -0.1) is 0 Å². The summed E-state index contributed by atoms with van der Waals surface area (Å²) in [5.74, 6) is 1.49. The standard InChI is InChI=1S/C17H24O3/c1-19-14-8-7-13-9-16(17(18)15(13)10-14)20-11-12-5-3-2-4-6-12/h7-8,10,12,16-18H,2-6,9,11H2,1H3. The van der Waals surface area contributed by atoms with E-state index in [0.717, 1.165) is 24.3 Å². The molecule has 2 atom stereocenters. The zero-order chi connectivity index (χ0) is 13.9. The number of rotatable bonds is 4. The Hall–Kier alpha value is -1.06. The quantitative estimate of drug-likeness (QED) is 0.917. The van der Waals surface area contributed by atoms with Crippen LogP contribution < -0.4 is 4.74 Å². The van der Waals surface area contributed by atoms with Crippen LogP contribution in [0.5, 0.6) is 5.75 Å². The van der Waals surface area contributed by atoms with E-state index in [1.807, 2.05) is 18.2 Å². The molecule has 0 saturated heterocycles. The number of hydrogen-bond acceptors (Lipinski definition) is 3. The predicted octanol–water partition coefficient (Wildman–Crippen LogP) is 3.25. The van der Waals surface area contributed by atoms with E-state index in [9.17, 15) is 5.11 Å². The van der Waals surface area contributed by atoms with Gasteiger partial charge in [-0.2, -0.15) is 0 Å². The van der Waals surface area contributed by atoms with Crippen molar-refractivity contribution in [3.8, 4) is 5.75 Å². The molecule has 0 spiro atoms. The summed E-state index contributed by atoms with van der Waals surface area (Å²) in [6, 6.07) is 5.93. The van der Waals surface area contributed by atoms with Crippen molar-refractivity contribution in [3.05, 3.63) is 29.3 Å². The van der Waals surface area contributed by atoms with Crippen LogP contribution in [0.3, 0.4) is 0 Å². The number of fused-ring (bicyclic) bond motifs is 1. The van der Waals surface area contributed by atoms with Crippen LogP contribution in [0, 0.1) is 5.92 Å². The summed E-state index contributed by atoms with van der Waals surface area (Å²) in [5.41, 5.74) is 2.16. The Balaban J connectivity index is 1.59. The minimum absolute atomic E-state index is 0.0842. The van der Waals surface area contributed by atoms with E-state index in [1.165, 1.54) is 37.7 Å². The van der Waals surface area contributed by atoms with Gasteiger partial charge in [-0.3, -0.25) is 0 Å². The molecule has 2 aliphatic carbocycles. The Morgan fingerprint density at radius 3 is 2.75 bits per heavy atom. The highest BCUT2D eigenvalue weighted by Crippen LogP contribution is 2.36. The molecule has 3 rings (SSSR count). The summed E-state index contributed by atoms with van der Waals surface area (Å²) in [7, 11) is 1.65. The molecule has 1 saturated carbocycles. The molecule has 110 valence electrons. The summed E-state index contributed by atoms with van der Waals surface area (Å²) >= 11 is 0. The summed E-state index contributed by atoms with van der Waals surface area (Å²) in [6.07, 6.45) is 6.81. The lowest BCUT2D eigenvalue weighted by Gasteiger charge is -2.24. The first-order chi connectivity index (χ1) is 9.78. The monoisotopic (exact) mass is 276 g/mol. The van der Waals surface area contributed by atoms with Gasteiger partial charge in [0.1, 0.15) is 11.9 Å². The summed E-state index contributed by atoms with van der Waals surface area (Å²) in [4.78, 5) is 0. The minimum Gasteiger partial charge on any atom is -0.497 e. The number of aliphatic hydroxyl groups excluding tert-OH is 1. The molecular formula is C17H24O3. The van der Waals surface area contributed by atoms with E-state index >= 15 is 0 Å². The second-order valence-electron chi connectivity index (χ2n) is 6.09. The van der Waals surface area contributed by atoms with E-state index < -0.39 is 6.10 Å². The SMILES string of the molecule is COc1ccc2c(c1)C(O)C(OCC1CCCCC1)C2. The maximum atomic E-state index is 10.4. The summed E-state index contributed by atoms with van der Waals surface area (Å²) in [6.45, 7) is 0.798. The van der Waals surface area contributed by atoms with Crippen molar-refractivity contribution in [2.45, 2.75) is 50.7 Å². The first-order valence-electron chi connectivity index (χ1n) is 7.74. The molecule has 1 aromatic carbocycles. The third-order valence-corrected chi connectivity index (χ3v) is 4.72. The average Bonchev–Trinajstić information content (AvgIpc) is 2.82. The van der Waals surface area contributed by atoms with Crippen LogP contribution in [0.1, 0.15) is 49.3 Å². The van der Waals surface area contributed by atoms with Crippen molar-refractivity contribution >= 4 is 0 Å². The smallest absolute Gasteiger partial charge is 0.119 e. The van der Waals surface area contributed by atoms with E-state index in [-0.39, 0.29) is 6.10 Å². The maximum absolute atomic E-state index is 10.4. The minimum atomic E-state index is -0.510. The van der Waals surface area contributed by atoms with Gasteiger partial charge in [-0.1, -0.05) is 25.3 Å². The van der Waals surface area contributed by atoms with Gasteiger partial charge in [0.25, 0.3) is 0 Å². The average molecular weight is 276 g/mol. The van der Waals surface area contributed by atoms with Crippen LogP contribution >= 0.6 is 0 Å². The zero-order valence-corrected chi connectivity index (χ0v) is 12.2. The van der Waals surface area contributed by atoms with E-state index in [2.05, 4.69) is 0 Å². The lowest BCUT2D eigenvalue weighted by atomic mass is 9.90. The van der Waals surface area contributed by atoms with E-state index in [1.54, 1.807) is 7.11 Å². The van der Waals surface area contributed by atoms with Crippen LogP contribution in [0.15, 0.2) is 18.2 Å². The number of ether oxygens (including phenoxy) is 2.